The van der Waals surface area contributed by atoms with Crippen LogP contribution in [0.1, 0.15) is 35.2 Å². The van der Waals surface area contributed by atoms with Crippen LogP contribution in [0.25, 0.3) is 0 Å². The molecular formula is C14H17NO4. The zero-order valence-electron chi connectivity index (χ0n) is 10.7. The number of phenols is 1. The van der Waals surface area contributed by atoms with Crippen LogP contribution >= 0.6 is 0 Å². The minimum Gasteiger partial charge on any atom is -0.508 e. The van der Waals surface area contributed by atoms with Crippen molar-refractivity contribution in [3.63, 3.8) is 0 Å². The van der Waals surface area contributed by atoms with Crippen LogP contribution in [0.3, 0.4) is 0 Å². The Labute approximate surface area is 111 Å². The summed E-state index contributed by atoms with van der Waals surface area (Å²) in [5, 5.41) is 21.2. The Morgan fingerprint density at radius 1 is 1.32 bits per heavy atom. The maximum absolute atomic E-state index is 12.1. The van der Waals surface area contributed by atoms with E-state index in [1.54, 1.807) is 13.0 Å². The molecule has 2 atom stereocenters. The number of carboxylic acid groups (broad SMARTS) is 1. The van der Waals surface area contributed by atoms with Crippen molar-refractivity contribution in [3.8, 4) is 5.75 Å². The molecule has 0 heterocycles. The number of amides is 1. The van der Waals surface area contributed by atoms with Crippen LogP contribution in [-0.2, 0) is 4.79 Å². The van der Waals surface area contributed by atoms with Crippen LogP contribution in [-0.4, -0.2) is 28.1 Å². The molecule has 0 saturated heterocycles. The molecule has 1 aromatic rings. The maximum Gasteiger partial charge on any atom is 0.308 e. The fourth-order valence-electron chi connectivity index (χ4n) is 2.58. The van der Waals surface area contributed by atoms with E-state index in [4.69, 9.17) is 5.11 Å². The second-order valence-electron chi connectivity index (χ2n) is 4.95. The molecule has 1 saturated carbocycles. The first-order valence-electron chi connectivity index (χ1n) is 6.32. The lowest BCUT2D eigenvalue weighted by Crippen LogP contribution is -2.40. The highest BCUT2D eigenvalue weighted by atomic mass is 16.4. The second-order valence-corrected chi connectivity index (χ2v) is 4.95. The molecule has 2 rings (SSSR count). The van der Waals surface area contributed by atoms with E-state index in [1.165, 1.54) is 12.1 Å². The lowest BCUT2D eigenvalue weighted by Gasteiger charge is -2.18. The van der Waals surface area contributed by atoms with Crippen LogP contribution in [0.4, 0.5) is 0 Å². The van der Waals surface area contributed by atoms with E-state index < -0.39 is 11.9 Å². The number of rotatable bonds is 3. The summed E-state index contributed by atoms with van der Waals surface area (Å²) >= 11 is 0. The Morgan fingerprint density at radius 2 is 2.05 bits per heavy atom. The van der Waals surface area contributed by atoms with Gasteiger partial charge in [0.25, 0.3) is 5.91 Å². The summed E-state index contributed by atoms with van der Waals surface area (Å²) in [6, 6.07) is 4.20. The highest BCUT2D eigenvalue weighted by molar-refractivity contribution is 5.96. The predicted molar refractivity (Wildman–Crippen MR) is 69.1 cm³/mol. The van der Waals surface area contributed by atoms with E-state index in [2.05, 4.69) is 5.32 Å². The molecule has 5 nitrogen and oxygen atoms in total. The molecule has 0 aromatic heterocycles. The molecule has 1 aliphatic rings. The Hall–Kier alpha value is -2.04. The predicted octanol–water partition coefficient (Wildman–Crippen LogP) is 1.68. The normalized spacial score (nSPS) is 22.2. The lowest BCUT2D eigenvalue weighted by atomic mass is 10.0. The number of carboxylic acids is 1. The van der Waals surface area contributed by atoms with Gasteiger partial charge in [0.1, 0.15) is 5.75 Å². The van der Waals surface area contributed by atoms with Crippen molar-refractivity contribution < 1.29 is 19.8 Å². The van der Waals surface area contributed by atoms with E-state index in [1.807, 2.05) is 0 Å². The van der Waals surface area contributed by atoms with Crippen molar-refractivity contribution >= 4 is 11.9 Å². The Bertz CT molecular complexity index is 512. The van der Waals surface area contributed by atoms with Crippen molar-refractivity contribution in [1.29, 1.82) is 0 Å². The van der Waals surface area contributed by atoms with Gasteiger partial charge in [0.05, 0.1) is 5.92 Å². The quantitative estimate of drug-likeness (QED) is 0.774. The molecule has 0 radical (unpaired) electrons. The highest BCUT2D eigenvalue weighted by Gasteiger charge is 2.34. The molecule has 102 valence electrons. The van der Waals surface area contributed by atoms with E-state index in [0.717, 1.165) is 6.42 Å². The van der Waals surface area contributed by atoms with Crippen LogP contribution in [0.15, 0.2) is 18.2 Å². The summed E-state index contributed by atoms with van der Waals surface area (Å²) in [7, 11) is 0. The summed E-state index contributed by atoms with van der Waals surface area (Å²) in [5.74, 6) is -1.53. The molecular weight excluding hydrogens is 246 g/mol. The molecule has 1 aliphatic carbocycles. The van der Waals surface area contributed by atoms with E-state index >= 15 is 0 Å². The number of carbonyl (C=O) groups excluding carboxylic acids is 1. The van der Waals surface area contributed by atoms with Gasteiger partial charge in [0, 0.05) is 11.6 Å². The lowest BCUT2D eigenvalue weighted by molar-refractivity contribution is -0.142. The third kappa shape index (κ3) is 2.86. The number of aryl methyl sites for hydroxylation is 1. The molecule has 1 fully saturated rings. The molecule has 1 aromatic carbocycles. The van der Waals surface area contributed by atoms with Gasteiger partial charge in [-0.1, -0.05) is 6.42 Å². The Morgan fingerprint density at radius 3 is 2.68 bits per heavy atom. The summed E-state index contributed by atoms with van der Waals surface area (Å²) in [6.07, 6.45) is 2.12. The minimum absolute atomic E-state index is 0.110. The third-order valence-corrected chi connectivity index (χ3v) is 3.60. The van der Waals surface area contributed by atoms with Crippen LogP contribution < -0.4 is 5.32 Å². The number of nitrogens with one attached hydrogen (secondary N) is 1. The zero-order valence-corrected chi connectivity index (χ0v) is 10.7. The maximum atomic E-state index is 12.1. The third-order valence-electron chi connectivity index (χ3n) is 3.60. The van der Waals surface area contributed by atoms with Gasteiger partial charge in [0.15, 0.2) is 0 Å². The first kappa shape index (κ1) is 13.4. The summed E-state index contributed by atoms with van der Waals surface area (Å²) in [4.78, 5) is 23.2. The molecule has 2 unspecified atom stereocenters. The van der Waals surface area contributed by atoms with E-state index in [0.29, 0.717) is 24.0 Å². The van der Waals surface area contributed by atoms with Crippen molar-refractivity contribution in [2.45, 2.75) is 32.2 Å². The molecule has 5 heteroatoms. The highest BCUT2D eigenvalue weighted by Crippen LogP contribution is 2.26. The molecule has 0 spiro atoms. The minimum atomic E-state index is -0.856. The average Bonchev–Trinajstić information content (AvgIpc) is 2.76. The average molecular weight is 263 g/mol. The van der Waals surface area contributed by atoms with Gasteiger partial charge in [-0.25, -0.2) is 0 Å². The number of benzene rings is 1. The van der Waals surface area contributed by atoms with Gasteiger partial charge in [-0.3, -0.25) is 9.59 Å². The number of hydrogen-bond donors (Lipinski definition) is 3. The zero-order chi connectivity index (χ0) is 14.0. The van der Waals surface area contributed by atoms with Crippen molar-refractivity contribution in [3.05, 3.63) is 29.3 Å². The second kappa shape index (κ2) is 5.30. The van der Waals surface area contributed by atoms with Crippen molar-refractivity contribution in [2.75, 3.05) is 0 Å². The Balaban J connectivity index is 2.10. The SMILES string of the molecule is Cc1cc(O)ccc1C(=O)NC1CCCC1C(=O)O. The topological polar surface area (TPSA) is 86.6 Å². The first-order valence-corrected chi connectivity index (χ1v) is 6.32. The van der Waals surface area contributed by atoms with Gasteiger partial charge in [-0.05, 0) is 43.5 Å². The molecule has 1 amide bonds. The monoisotopic (exact) mass is 263 g/mol. The van der Waals surface area contributed by atoms with Gasteiger partial charge in [0.2, 0.25) is 0 Å². The fourth-order valence-corrected chi connectivity index (χ4v) is 2.58. The van der Waals surface area contributed by atoms with E-state index in [-0.39, 0.29) is 17.7 Å². The number of hydrogen-bond acceptors (Lipinski definition) is 3. The smallest absolute Gasteiger partial charge is 0.308 e. The van der Waals surface area contributed by atoms with Gasteiger partial charge < -0.3 is 15.5 Å². The van der Waals surface area contributed by atoms with Gasteiger partial charge in [-0.15, -0.1) is 0 Å². The van der Waals surface area contributed by atoms with Crippen molar-refractivity contribution in [1.82, 2.24) is 5.32 Å². The number of aromatic hydroxyl groups is 1. The standard InChI is InChI=1S/C14H17NO4/c1-8-7-9(16)5-6-10(8)13(17)15-12-4-2-3-11(12)14(18)19/h5-7,11-12,16H,2-4H2,1H3,(H,15,17)(H,18,19). The van der Waals surface area contributed by atoms with Crippen LogP contribution in [0.2, 0.25) is 0 Å². The van der Waals surface area contributed by atoms with Gasteiger partial charge in [-0.2, -0.15) is 0 Å². The molecule has 0 aliphatic heterocycles. The van der Waals surface area contributed by atoms with E-state index in [9.17, 15) is 14.7 Å². The van der Waals surface area contributed by atoms with Gasteiger partial charge >= 0.3 is 5.97 Å². The molecule has 3 N–H and O–H groups in total. The summed E-state index contributed by atoms with van der Waals surface area (Å²) in [5.41, 5.74) is 1.14. The van der Waals surface area contributed by atoms with Crippen molar-refractivity contribution in [2.24, 2.45) is 5.92 Å². The fraction of sp³-hybridized carbons (Fsp3) is 0.429. The molecule has 19 heavy (non-hydrogen) atoms. The van der Waals surface area contributed by atoms with Crippen LogP contribution in [0.5, 0.6) is 5.75 Å². The Kier molecular flexibility index (Phi) is 3.74. The molecule has 0 bridgehead atoms. The number of phenolic OH excluding ortho intramolecular Hbond substituents is 1. The summed E-state index contributed by atoms with van der Waals surface area (Å²) in [6.45, 7) is 1.73. The largest absolute Gasteiger partial charge is 0.508 e. The number of carbonyl (C=O) groups is 2. The number of aliphatic carboxylic acids is 1. The summed E-state index contributed by atoms with van der Waals surface area (Å²) < 4.78 is 0. The first-order chi connectivity index (χ1) is 8.99. The van der Waals surface area contributed by atoms with Crippen LogP contribution in [0, 0.1) is 12.8 Å².